The van der Waals surface area contributed by atoms with Crippen molar-refractivity contribution in [2.75, 3.05) is 0 Å². The van der Waals surface area contributed by atoms with Gasteiger partial charge in [0.05, 0.1) is 6.42 Å². The summed E-state index contributed by atoms with van der Waals surface area (Å²) in [7, 11) is 0. The Labute approximate surface area is 76.8 Å². The minimum absolute atomic E-state index is 0.0627. The average Bonchev–Trinajstić information content (AvgIpc) is 2.17. The SMILES string of the molecule is O=CCC(=O)NCc1ccccc1. The molecule has 3 heteroatoms. The van der Waals surface area contributed by atoms with Gasteiger partial charge >= 0.3 is 0 Å². The summed E-state index contributed by atoms with van der Waals surface area (Å²) in [5, 5.41) is 2.63. The summed E-state index contributed by atoms with van der Waals surface area (Å²) < 4.78 is 0. The Hall–Kier alpha value is -1.64. The Morgan fingerprint density at radius 2 is 2.00 bits per heavy atom. The number of aldehydes is 1. The van der Waals surface area contributed by atoms with E-state index >= 15 is 0 Å². The van der Waals surface area contributed by atoms with Crippen LogP contribution in [0.5, 0.6) is 0 Å². The molecule has 0 atom stereocenters. The van der Waals surface area contributed by atoms with Gasteiger partial charge < -0.3 is 10.1 Å². The van der Waals surface area contributed by atoms with E-state index < -0.39 is 0 Å². The molecule has 1 rings (SSSR count). The third-order valence-corrected chi connectivity index (χ3v) is 1.60. The standard InChI is InChI=1S/C10H11NO2/c12-7-6-10(13)11-8-9-4-2-1-3-5-9/h1-5,7H,6,8H2,(H,11,13). The van der Waals surface area contributed by atoms with E-state index in [4.69, 9.17) is 0 Å². The van der Waals surface area contributed by atoms with E-state index in [-0.39, 0.29) is 12.3 Å². The van der Waals surface area contributed by atoms with E-state index in [0.717, 1.165) is 5.56 Å². The number of amides is 1. The number of nitrogens with one attached hydrogen (secondary N) is 1. The molecule has 1 N–H and O–H groups in total. The Balaban J connectivity index is 2.35. The van der Waals surface area contributed by atoms with Gasteiger partial charge in [-0.25, -0.2) is 0 Å². The van der Waals surface area contributed by atoms with Gasteiger partial charge in [-0.15, -0.1) is 0 Å². The molecule has 0 aliphatic heterocycles. The van der Waals surface area contributed by atoms with Crippen LogP contribution in [0.25, 0.3) is 0 Å². The number of rotatable bonds is 4. The van der Waals surface area contributed by atoms with Gasteiger partial charge in [-0.1, -0.05) is 30.3 Å². The van der Waals surface area contributed by atoms with Crippen LogP contribution in [-0.2, 0) is 16.1 Å². The lowest BCUT2D eigenvalue weighted by Crippen LogP contribution is -2.22. The van der Waals surface area contributed by atoms with Crippen LogP contribution < -0.4 is 5.32 Å². The van der Waals surface area contributed by atoms with Crippen LogP contribution >= 0.6 is 0 Å². The molecule has 1 aromatic carbocycles. The molecule has 3 nitrogen and oxygen atoms in total. The molecule has 0 aromatic heterocycles. The van der Waals surface area contributed by atoms with Gasteiger partial charge in [-0.05, 0) is 5.56 Å². The van der Waals surface area contributed by atoms with Crippen molar-refractivity contribution in [3.63, 3.8) is 0 Å². The van der Waals surface area contributed by atoms with E-state index in [0.29, 0.717) is 12.8 Å². The molecule has 1 aromatic rings. The van der Waals surface area contributed by atoms with Crippen molar-refractivity contribution >= 4 is 12.2 Å². The van der Waals surface area contributed by atoms with Crippen molar-refractivity contribution in [1.82, 2.24) is 5.32 Å². The number of hydrogen-bond acceptors (Lipinski definition) is 2. The van der Waals surface area contributed by atoms with Crippen LogP contribution in [0.4, 0.5) is 0 Å². The van der Waals surface area contributed by atoms with Crippen LogP contribution in [0, 0.1) is 0 Å². The minimum Gasteiger partial charge on any atom is -0.352 e. The fourth-order valence-electron chi connectivity index (χ4n) is 0.944. The molecule has 0 unspecified atom stereocenters. The lowest BCUT2D eigenvalue weighted by molar-refractivity contribution is -0.124. The molecule has 0 spiro atoms. The maximum atomic E-state index is 10.9. The molecule has 1 amide bonds. The van der Waals surface area contributed by atoms with Gasteiger partial charge in [-0.3, -0.25) is 4.79 Å². The third-order valence-electron chi connectivity index (χ3n) is 1.60. The normalized spacial score (nSPS) is 9.23. The van der Waals surface area contributed by atoms with Crippen molar-refractivity contribution < 1.29 is 9.59 Å². The molecule has 0 aliphatic carbocycles. The highest BCUT2D eigenvalue weighted by Crippen LogP contribution is 1.96. The van der Waals surface area contributed by atoms with Gasteiger partial charge in [0.2, 0.25) is 5.91 Å². The Morgan fingerprint density at radius 1 is 1.31 bits per heavy atom. The molecule has 68 valence electrons. The lowest BCUT2D eigenvalue weighted by Gasteiger charge is -2.01. The number of hydrogen-bond donors (Lipinski definition) is 1. The van der Waals surface area contributed by atoms with Gasteiger partial charge in [0.25, 0.3) is 0 Å². The Bertz CT molecular complexity index is 282. The van der Waals surface area contributed by atoms with Crippen molar-refractivity contribution in [3.05, 3.63) is 35.9 Å². The highest BCUT2D eigenvalue weighted by Gasteiger charge is 1.98. The van der Waals surface area contributed by atoms with Crippen molar-refractivity contribution in [2.45, 2.75) is 13.0 Å². The smallest absolute Gasteiger partial charge is 0.227 e. The monoisotopic (exact) mass is 177 g/mol. The first kappa shape index (κ1) is 9.45. The van der Waals surface area contributed by atoms with Crippen molar-refractivity contribution in [1.29, 1.82) is 0 Å². The summed E-state index contributed by atoms with van der Waals surface area (Å²) in [5.74, 6) is -0.237. The first-order valence-electron chi connectivity index (χ1n) is 4.07. The number of carbonyl (C=O) groups is 2. The fraction of sp³-hybridized carbons (Fsp3) is 0.200. The van der Waals surface area contributed by atoms with E-state index in [1.165, 1.54) is 0 Å². The van der Waals surface area contributed by atoms with Crippen LogP contribution in [0.2, 0.25) is 0 Å². The molecule has 13 heavy (non-hydrogen) atoms. The summed E-state index contributed by atoms with van der Waals surface area (Å²) in [6.07, 6.45) is 0.535. The fourth-order valence-corrected chi connectivity index (χ4v) is 0.944. The molecule has 0 aliphatic rings. The van der Waals surface area contributed by atoms with Crippen LogP contribution in [0.3, 0.4) is 0 Å². The minimum atomic E-state index is -0.237. The predicted molar refractivity (Wildman–Crippen MR) is 49.0 cm³/mol. The second-order valence-corrected chi connectivity index (χ2v) is 2.63. The molecular formula is C10H11NO2. The lowest BCUT2D eigenvalue weighted by atomic mass is 10.2. The van der Waals surface area contributed by atoms with E-state index in [9.17, 15) is 9.59 Å². The highest BCUT2D eigenvalue weighted by molar-refractivity contribution is 5.87. The van der Waals surface area contributed by atoms with E-state index in [1.807, 2.05) is 30.3 Å². The summed E-state index contributed by atoms with van der Waals surface area (Å²) in [6, 6.07) is 9.56. The number of carbonyl (C=O) groups excluding carboxylic acids is 2. The highest BCUT2D eigenvalue weighted by atomic mass is 16.2. The van der Waals surface area contributed by atoms with Crippen LogP contribution in [0.15, 0.2) is 30.3 Å². The predicted octanol–water partition coefficient (Wildman–Crippen LogP) is 0.892. The molecule has 0 saturated carbocycles. The van der Waals surface area contributed by atoms with E-state index in [1.54, 1.807) is 0 Å². The summed E-state index contributed by atoms with van der Waals surface area (Å²) in [6.45, 7) is 0.480. The quantitative estimate of drug-likeness (QED) is 0.548. The maximum Gasteiger partial charge on any atom is 0.227 e. The zero-order valence-electron chi connectivity index (χ0n) is 7.19. The molecule has 0 radical (unpaired) electrons. The Kier molecular flexibility index (Phi) is 3.70. The van der Waals surface area contributed by atoms with Crippen molar-refractivity contribution in [3.8, 4) is 0 Å². The topological polar surface area (TPSA) is 46.2 Å². The molecule has 0 bridgehead atoms. The molecule has 0 fully saturated rings. The molecule has 0 heterocycles. The van der Waals surface area contributed by atoms with Crippen LogP contribution in [-0.4, -0.2) is 12.2 Å². The number of benzene rings is 1. The van der Waals surface area contributed by atoms with Gasteiger partial charge in [0.1, 0.15) is 6.29 Å². The second kappa shape index (κ2) is 5.09. The second-order valence-electron chi connectivity index (χ2n) is 2.63. The average molecular weight is 177 g/mol. The summed E-state index contributed by atoms with van der Waals surface area (Å²) >= 11 is 0. The van der Waals surface area contributed by atoms with Gasteiger partial charge in [0, 0.05) is 6.54 Å². The van der Waals surface area contributed by atoms with E-state index in [2.05, 4.69) is 5.32 Å². The van der Waals surface area contributed by atoms with Gasteiger partial charge in [0.15, 0.2) is 0 Å². The van der Waals surface area contributed by atoms with Crippen molar-refractivity contribution in [2.24, 2.45) is 0 Å². The largest absolute Gasteiger partial charge is 0.352 e. The third kappa shape index (κ3) is 3.51. The summed E-state index contributed by atoms with van der Waals surface area (Å²) in [5.41, 5.74) is 1.03. The Morgan fingerprint density at radius 3 is 2.62 bits per heavy atom. The zero-order chi connectivity index (χ0) is 9.52. The molecule has 0 saturated heterocycles. The maximum absolute atomic E-state index is 10.9. The first-order valence-corrected chi connectivity index (χ1v) is 4.07. The molecular weight excluding hydrogens is 166 g/mol. The van der Waals surface area contributed by atoms with Crippen LogP contribution in [0.1, 0.15) is 12.0 Å². The first-order chi connectivity index (χ1) is 6.33. The summed E-state index contributed by atoms with van der Waals surface area (Å²) in [4.78, 5) is 20.8. The van der Waals surface area contributed by atoms with Gasteiger partial charge in [-0.2, -0.15) is 0 Å². The zero-order valence-corrected chi connectivity index (χ0v) is 7.19.